The van der Waals surface area contributed by atoms with Crippen LogP contribution in [0.5, 0.6) is 11.5 Å². The molecule has 2 aromatic carbocycles. The van der Waals surface area contributed by atoms with Crippen LogP contribution >= 0.6 is 23.2 Å². The van der Waals surface area contributed by atoms with Crippen molar-refractivity contribution in [3.05, 3.63) is 57.6 Å². The summed E-state index contributed by atoms with van der Waals surface area (Å²) in [6, 6.07) is 9.18. The molecule has 3 rings (SSSR count). The van der Waals surface area contributed by atoms with Crippen molar-refractivity contribution < 1.29 is 23.9 Å². The molecule has 1 atom stereocenters. The molecular formula is C21H21Cl2N3O5. The third kappa shape index (κ3) is 4.55. The maximum atomic E-state index is 13.0. The van der Waals surface area contributed by atoms with Crippen molar-refractivity contribution in [1.29, 1.82) is 0 Å². The van der Waals surface area contributed by atoms with Gasteiger partial charge in [-0.05, 0) is 36.8 Å². The second-order valence-electron chi connectivity index (χ2n) is 7.04. The number of carbonyl (C=O) groups is 3. The minimum atomic E-state index is -1.40. The van der Waals surface area contributed by atoms with Gasteiger partial charge < -0.3 is 20.1 Å². The molecule has 2 aromatic rings. The SMILES string of the molecule is COc1ccc(CNC(=O)CN2C(=O)NC(C)(c3ccc(Cl)cc3Cl)C2=O)cc1OC. The topological polar surface area (TPSA) is 97.0 Å². The Kier molecular flexibility index (Phi) is 6.62. The van der Waals surface area contributed by atoms with Gasteiger partial charge in [0.15, 0.2) is 11.5 Å². The number of rotatable bonds is 7. The zero-order valence-corrected chi connectivity index (χ0v) is 18.6. The number of carbonyl (C=O) groups excluding carboxylic acids is 3. The van der Waals surface area contributed by atoms with E-state index >= 15 is 0 Å². The van der Waals surface area contributed by atoms with E-state index in [0.717, 1.165) is 10.5 Å². The van der Waals surface area contributed by atoms with Crippen molar-refractivity contribution in [3.63, 3.8) is 0 Å². The lowest BCUT2D eigenvalue weighted by molar-refractivity contribution is -0.134. The fraction of sp³-hybridized carbons (Fsp3) is 0.286. The lowest BCUT2D eigenvalue weighted by Gasteiger charge is -2.23. The molecule has 1 fully saturated rings. The van der Waals surface area contributed by atoms with E-state index in [1.165, 1.54) is 27.2 Å². The number of benzene rings is 2. The molecule has 1 aliphatic heterocycles. The van der Waals surface area contributed by atoms with Crippen LogP contribution in [0.4, 0.5) is 4.79 Å². The van der Waals surface area contributed by atoms with Gasteiger partial charge in [0.2, 0.25) is 5.91 Å². The van der Waals surface area contributed by atoms with Crippen molar-refractivity contribution >= 4 is 41.0 Å². The van der Waals surface area contributed by atoms with Crippen molar-refractivity contribution in [2.75, 3.05) is 20.8 Å². The van der Waals surface area contributed by atoms with E-state index in [1.807, 2.05) is 0 Å². The normalized spacial score (nSPS) is 18.0. The number of amides is 4. The third-order valence-corrected chi connectivity index (χ3v) is 5.53. The van der Waals surface area contributed by atoms with Crippen LogP contribution in [-0.2, 0) is 21.7 Å². The van der Waals surface area contributed by atoms with Gasteiger partial charge in [-0.15, -0.1) is 0 Å². The molecule has 0 aromatic heterocycles. The van der Waals surface area contributed by atoms with Crippen molar-refractivity contribution in [2.45, 2.75) is 19.0 Å². The first-order chi connectivity index (χ1) is 14.7. The van der Waals surface area contributed by atoms with Gasteiger partial charge in [-0.3, -0.25) is 14.5 Å². The highest BCUT2D eigenvalue weighted by Gasteiger charge is 2.50. The molecule has 1 aliphatic rings. The number of methoxy groups -OCH3 is 2. The van der Waals surface area contributed by atoms with Gasteiger partial charge in [-0.2, -0.15) is 0 Å². The molecule has 4 amide bonds. The largest absolute Gasteiger partial charge is 0.493 e. The lowest BCUT2D eigenvalue weighted by Crippen LogP contribution is -2.43. The number of nitrogens with one attached hydrogen (secondary N) is 2. The van der Waals surface area contributed by atoms with Gasteiger partial charge in [0.25, 0.3) is 5.91 Å². The molecule has 0 saturated carbocycles. The number of halogens is 2. The summed E-state index contributed by atoms with van der Waals surface area (Å²) in [6.07, 6.45) is 0. The number of nitrogens with zero attached hydrogens (tertiary/aromatic N) is 1. The Morgan fingerprint density at radius 1 is 1.10 bits per heavy atom. The van der Waals surface area contributed by atoms with Gasteiger partial charge in [0.1, 0.15) is 12.1 Å². The Morgan fingerprint density at radius 2 is 1.81 bits per heavy atom. The first-order valence-corrected chi connectivity index (χ1v) is 10.0. The van der Waals surface area contributed by atoms with Crippen LogP contribution in [-0.4, -0.2) is 43.5 Å². The Labute approximate surface area is 189 Å². The second-order valence-corrected chi connectivity index (χ2v) is 7.88. The zero-order valence-electron chi connectivity index (χ0n) is 17.1. The van der Waals surface area contributed by atoms with Gasteiger partial charge in [-0.25, -0.2) is 4.79 Å². The van der Waals surface area contributed by atoms with Crippen LogP contribution in [0.3, 0.4) is 0 Å². The van der Waals surface area contributed by atoms with Gasteiger partial charge in [0.05, 0.1) is 14.2 Å². The Balaban J connectivity index is 1.68. The molecule has 0 aliphatic carbocycles. The molecule has 2 N–H and O–H groups in total. The summed E-state index contributed by atoms with van der Waals surface area (Å²) in [4.78, 5) is 38.7. The number of hydrogen-bond donors (Lipinski definition) is 2. The molecule has 0 radical (unpaired) electrons. The molecule has 31 heavy (non-hydrogen) atoms. The van der Waals surface area contributed by atoms with Crippen LogP contribution in [0.25, 0.3) is 0 Å². The van der Waals surface area contributed by atoms with E-state index in [2.05, 4.69) is 10.6 Å². The minimum absolute atomic E-state index is 0.184. The fourth-order valence-electron chi connectivity index (χ4n) is 3.31. The summed E-state index contributed by atoms with van der Waals surface area (Å²) in [5.74, 6) is 0.0174. The number of hydrogen-bond acceptors (Lipinski definition) is 5. The summed E-state index contributed by atoms with van der Waals surface area (Å²) >= 11 is 12.1. The van der Waals surface area contributed by atoms with Crippen molar-refractivity contribution in [3.8, 4) is 11.5 Å². The molecule has 1 unspecified atom stereocenters. The average Bonchev–Trinajstić information content (AvgIpc) is 2.95. The molecule has 164 valence electrons. The minimum Gasteiger partial charge on any atom is -0.493 e. The molecule has 8 nitrogen and oxygen atoms in total. The monoisotopic (exact) mass is 465 g/mol. The molecule has 0 bridgehead atoms. The number of urea groups is 1. The number of ether oxygens (including phenoxy) is 2. The van der Waals surface area contributed by atoms with Gasteiger partial charge in [-0.1, -0.05) is 35.3 Å². The van der Waals surface area contributed by atoms with Crippen LogP contribution in [0.2, 0.25) is 10.0 Å². The first kappa shape index (κ1) is 22.7. The summed E-state index contributed by atoms with van der Waals surface area (Å²) in [6.45, 7) is 1.28. The smallest absolute Gasteiger partial charge is 0.325 e. The highest BCUT2D eigenvalue weighted by atomic mass is 35.5. The van der Waals surface area contributed by atoms with E-state index < -0.39 is 29.9 Å². The van der Waals surface area contributed by atoms with E-state index in [4.69, 9.17) is 32.7 Å². The summed E-state index contributed by atoms with van der Waals surface area (Å²) in [7, 11) is 3.05. The van der Waals surface area contributed by atoms with E-state index in [-0.39, 0.29) is 11.6 Å². The fourth-order valence-corrected chi connectivity index (χ4v) is 3.91. The van der Waals surface area contributed by atoms with E-state index in [0.29, 0.717) is 22.1 Å². The Hall–Kier alpha value is -2.97. The van der Waals surface area contributed by atoms with Gasteiger partial charge >= 0.3 is 6.03 Å². The van der Waals surface area contributed by atoms with E-state index in [1.54, 1.807) is 30.3 Å². The highest BCUT2D eigenvalue weighted by molar-refractivity contribution is 6.35. The number of imide groups is 1. The first-order valence-electron chi connectivity index (χ1n) is 9.27. The maximum Gasteiger partial charge on any atom is 0.325 e. The Morgan fingerprint density at radius 3 is 2.45 bits per heavy atom. The molecule has 10 heteroatoms. The van der Waals surface area contributed by atoms with Gasteiger partial charge in [0, 0.05) is 22.2 Å². The lowest BCUT2D eigenvalue weighted by atomic mass is 9.92. The average molecular weight is 466 g/mol. The van der Waals surface area contributed by atoms with Crippen molar-refractivity contribution in [2.24, 2.45) is 0 Å². The Bertz CT molecular complexity index is 1050. The highest BCUT2D eigenvalue weighted by Crippen LogP contribution is 2.35. The summed E-state index contributed by atoms with van der Waals surface area (Å²) < 4.78 is 10.4. The summed E-state index contributed by atoms with van der Waals surface area (Å²) in [5.41, 5.74) is -0.242. The van der Waals surface area contributed by atoms with Crippen LogP contribution in [0, 0.1) is 0 Å². The van der Waals surface area contributed by atoms with Crippen molar-refractivity contribution in [1.82, 2.24) is 15.5 Å². The molecular weight excluding hydrogens is 445 g/mol. The summed E-state index contributed by atoms with van der Waals surface area (Å²) in [5, 5.41) is 5.94. The zero-order chi connectivity index (χ0) is 22.8. The predicted octanol–water partition coefficient (Wildman–Crippen LogP) is 3.09. The molecule has 1 heterocycles. The molecule has 1 saturated heterocycles. The quantitative estimate of drug-likeness (QED) is 0.612. The third-order valence-electron chi connectivity index (χ3n) is 4.98. The van der Waals surface area contributed by atoms with E-state index in [9.17, 15) is 14.4 Å². The van der Waals surface area contributed by atoms with Crippen LogP contribution < -0.4 is 20.1 Å². The maximum absolute atomic E-state index is 13.0. The standard InChI is InChI=1S/C21H21Cl2N3O5/c1-21(14-6-5-13(22)9-15(14)23)19(28)26(20(29)25-21)11-18(27)24-10-12-4-7-16(30-2)17(8-12)31-3/h4-9H,10-11H2,1-3H3,(H,24,27)(H,25,29). The second kappa shape index (κ2) is 9.03. The van der Waals surface area contributed by atoms with Crippen LogP contribution in [0.1, 0.15) is 18.1 Å². The predicted molar refractivity (Wildman–Crippen MR) is 115 cm³/mol. The van der Waals surface area contributed by atoms with Crippen LogP contribution in [0.15, 0.2) is 36.4 Å². The molecule has 0 spiro atoms.